The first-order valence-electron chi connectivity index (χ1n) is 0.462. The van der Waals surface area contributed by atoms with Gasteiger partial charge in [0, 0.05) is 0 Å². The molecule has 0 bridgehead atoms. The average molecular weight is 223 g/mol. The van der Waals surface area contributed by atoms with Gasteiger partial charge in [-0.3, -0.25) is 0 Å². The van der Waals surface area contributed by atoms with Crippen LogP contribution in [-0.2, 0) is 23.7 Å². The monoisotopic (exact) mass is 222 g/mol. The summed E-state index contributed by atoms with van der Waals surface area (Å²) in [6, 6.07) is 0. The average Bonchev–Trinajstić information content (AvgIpc) is 1.50. The van der Waals surface area contributed by atoms with E-state index in [2.05, 4.69) is 0 Å². The van der Waals surface area contributed by atoms with Crippen LogP contribution in [0.15, 0.2) is 0 Å². The maximum absolute atomic E-state index is 8.25. The van der Waals surface area contributed by atoms with Gasteiger partial charge in [0.1, 0.15) is 0 Å². The van der Waals surface area contributed by atoms with Gasteiger partial charge in [0.2, 0.25) is 0 Å². The van der Waals surface area contributed by atoms with E-state index in [0.717, 1.165) is 20.4 Å². The molecule has 0 amide bonds. The van der Waals surface area contributed by atoms with Gasteiger partial charge in [0.05, 0.1) is 0 Å². The van der Waals surface area contributed by atoms with Gasteiger partial charge in [0.15, 0.2) is 0 Å². The molecule has 0 saturated carbocycles. The molecule has 0 saturated heterocycles. The summed E-state index contributed by atoms with van der Waals surface area (Å²) in [6.07, 6.45) is 0. The van der Waals surface area contributed by atoms with Crippen LogP contribution in [0.4, 0.5) is 0 Å². The van der Waals surface area contributed by atoms with Crippen molar-refractivity contribution in [3.05, 3.63) is 0 Å². The molecule has 32 valence electrons. The summed E-state index contributed by atoms with van der Waals surface area (Å²) in [6.45, 7) is 0. The van der Waals surface area contributed by atoms with Crippen LogP contribution in [0.3, 0.4) is 0 Å². The number of hydrogen-bond donors (Lipinski definition) is 1. The molecule has 0 rings (SSSR count). The molecule has 0 fully saturated rings. The van der Waals surface area contributed by atoms with Gasteiger partial charge in [-0.2, -0.15) is 0 Å². The van der Waals surface area contributed by atoms with Crippen molar-refractivity contribution in [1.29, 1.82) is 0 Å². The zero-order chi connectivity index (χ0) is 4.00. The molecule has 0 spiro atoms. The van der Waals surface area contributed by atoms with Crippen molar-refractivity contribution >= 4 is 23.4 Å². The van der Waals surface area contributed by atoms with E-state index in [9.17, 15) is 0 Å². The Bertz CT molecular complexity index is 6.85. The Labute approximate surface area is 55.8 Å². The first kappa shape index (κ1) is 16.3. The summed E-state index contributed by atoms with van der Waals surface area (Å²) in [4.78, 5) is 0. The van der Waals surface area contributed by atoms with E-state index < -0.39 is 0 Å². The topological polar surface area (TPSA) is 68.8 Å². The van der Waals surface area contributed by atoms with E-state index in [-0.39, 0.29) is 5.48 Å². The van der Waals surface area contributed by atoms with Crippen LogP contribution in [0.25, 0.3) is 0 Å². The van der Waals surface area contributed by atoms with E-state index in [1.807, 2.05) is 0 Å². The molecule has 5 heavy (non-hydrogen) atoms. The first-order valence-corrected chi connectivity index (χ1v) is 2.57. The molecular weight excluding hydrogens is 218 g/mol. The predicted molar refractivity (Wildman–Crippen MR) is 15.1 cm³/mol. The SMILES string of the molecule is O.[OH][SbH2].[O]=[Ti]. The fourth-order valence-electron chi connectivity index (χ4n) is 0. The van der Waals surface area contributed by atoms with Crippen molar-refractivity contribution < 1.29 is 32.6 Å². The van der Waals surface area contributed by atoms with Gasteiger partial charge < -0.3 is 5.48 Å². The Kier molecular flexibility index (Phi) is 197. The Morgan fingerprint density at radius 1 is 1.40 bits per heavy atom. The van der Waals surface area contributed by atoms with Gasteiger partial charge in [-0.25, -0.2) is 0 Å². The molecule has 0 unspecified atom stereocenters. The number of hydrogen-bond acceptors (Lipinski definition) is 2. The molecule has 3 nitrogen and oxygen atoms in total. The standard InChI is InChI=1S/2H2O.O.Sb.Ti.2H/h2*1H2;;;;;/q;;;+1;;;/p-1. The van der Waals surface area contributed by atoms with Crippen LogP contribution in [0.1, 0.15) is 0 Å². The third-order valence-electron chi connectivity index (χ3n) is 0. The fourth-order valence-corrected chi connectivity index (χ4v) is 0. The molecule has 0 aromatic carbocycles. The summed E-state index contributed by atoms with van der Waals surface area (Å²) >= 11 is 1.10. The van der Waals surface area contributed by atoms with Gasteiger partial charge in [-0.1, -0.05) is 0 Å². The van der Waals surface area contributed by atoms with E-state index in [1.54, 1.807) is 0 Å². The zero-order valence-electron chi connectivity index (χ0n) is 2.43. The Hall–Kier alpha value is 1.25. The predicted octanol–water partition coefficient (Wildman–Crippen LogP) is -2.42. The van der Waals surface area contributed by atoms with Crippen LogP contribution in [-0.4, -0.2) is 32.3 Å². The molecule has 0 aliphatic heterocycles. The summed E-state index contributed by atoms with van der Waals surface area (Å²) in [5.41, 5.74) is 0. The van der Waals surface area contributed by atoms with Crippen molar-refractivity contribution in [2.75, 3.05) is 0 Å². The van der Waals surface area contributed by atoms with Crippen LogP contribution < -0.4 is 0 Å². The van der Waals surface area contributed by atoms with Crippen molar-refractivity contribution in [1.82, 2.24) is 0 Å². The van der Waals surface area contributed by atoms with Crippen molar-refractivity contribution in [3.63, 3.8) is 0 Å². The van der Waals surface area contributed by atoms with Crippen molar-refractivity contribution in [2.45, 2.75) is 0 Å². The summed E-state index contributed by atoms with van der Waals surface area (Å²) in [5.74, 6) is 0. The molecule has 0 heterocycles. The Morgan fingerprint density at radius 3 is 1.40 bits per heavy atom. The molecule has 5 heteroatoms. The van der Waals surface area contributed by atoms with Crippen LogP contribution in [0.2, 0.25) is 0 Å². The van der Waals surface area contributed by atoms with Crippen LogP contribution >= 0.6 is 0 Å². The quantitative estimate of drug-likeness (QED) is 0.464. The molecule has 0 aromatic heterocycles. The molecule has 0 aliphatic rings. The molecule has 3 N–H and O–H groups in total. The summed E-state index contributed by atoms with van der Waals surface area (Å²) in [7, 11) is 0. The molecule has 0 aliphatic carbocycles. The van der Waals surface area contributed by atoms with Gasteiger partial charge in [0.25, 0.3) is 0 Å². The summed E-state index contributed by atoms with van der Waals surface area (Å²) < 4.78 is 15.4. The minimum absolute atomic E-state index is 0. The van der Waals surface area contributed by atoms with Crippen molar-refractivity contribution in [2.24, 2.45) is 0 Å². The Morgan fingerprint density at radius 2 is 1.40 bits per heavy atom. The van der Waals surface area contributed by atoms with Gasteiger partial charge in [-0.15, -0.1) is 0 Å². The maximum atomic E-state index is 8.25. The van der Waals surface area contributed by atoms with Gasteiger partial charge in [-0.05, 0) is 0 Å². The van der Waals surface area contributed by atoms with Crippen LogP contribution in [0, 0.1) is 0 Å². The Balaban J connectivity index is -0.0000000133. The third kappa shape index (κ3) is 35.4. The second-order valence-corrected chi connectivity index (χ2v) is 0. The number of rotatable bonds is 0. The second kappa shape index (κ2) is 60.5. The molecule has 0 aromatic rings. The van der Waals surface area contributed by atoms with E-state index >= 15 is 0 Å². The van der Waals surface area contributed by atoms with Gasteiger partial charge >= 0.3 is 50.6 Å². The second-order valence-electron chi connectivity index (χ2n) is 0. The van der Waals surface area contributed by atoms with E-state index in [4.69, 9.17) is 6.71 Å². The van der Waals surface area contributed by atoms with Crippen LogP contribution in [0.5, 0.6) is 0 Å². The summed E-state index contributed by atoms with van der Waals surface area (Å²) in [5, 5.41) is 0. The van der Waals surface area contributed by atoms with E-state index in [0.29, 0.717) is 23.4 Å². The molecule has 0 radical (unpaired) electrons. The minimum atomic E-state index is 0. The first-order chi connectivity index (χ1) is 2.00. The third-order valence-corrected chi connectivity index (χ3v) is 0. The normalized spacial score (nSPS) is 1.80. The van der Waals surface area contributed by atoms with E-state index in [1.165, 1.54) is 0 Å². The van der Waals surface area contributed by atoms with Crippen molar-refractivity contribution in [3.8, 4) is 0 Å². The molecular formula is H5O3SbTi. The fraction of sp³-hybridized carbons (Fsp3) is 0. The zero-order valence-corrected chi connectivity index (χ0v) is 7.29. The molecule has 0 atom stereocenters.